The van der Waals surface area contributed by atoms with Gasteiger partial charge in [-0.1, -0.05) is 19.3 Å². The summed E-state index contributed by atoms with van der Waals surface area (Å²) < 4.78 is 0. The molecular formula is C18H28N2OS. The van der Waals surface area contributed by atoms with E-state index in [0.717, 1.165) is 32.4 Å². The van der Waals surface area contributed by atoms with E-state index >= 15 is 0 Å². The third kappa shape index (κ3) is 3.38. The molecule has 0 radical (unpaired) electrons. The molecule has 2 aliphatic rings. The largest absolute Gasteiger partial charge is 0.352 e. The molecule has 1 saturated heterocycles. The number of rotatable bonds is 5. The van der Waals surface area contributed by atoms with Crippen LogP contribution in [0.25, 0.3) is 0 Å². The van der Waals surface area contributed by atoms with Crippen molar-refractivity contribution in [2.45, 2.75) is 69.9 Å². The maximum absolute atomic E-state index is 13.1. The molecule has 0 bridgehead atoms. The number of carbonyl (C=O) groups excluding carboxylic acids is 1. The average molecular weight is 321 g/mol. The summed E-state index contributed by atoms with van der Waals surface area (Å²) in [6.07, 6.45) is 9.21. The number of hydrogen-bond acceptors (Lipinski definition) is 3. The third-order valence-electron chi connectivity index (χ3n) is 5.31. The van der Waals surface area contributed by atoms with Crippen molar-refractivity contribution in [3.63, 3.8) is 0 Å². The molecule has 0 spiro atoms. The molecular weight excluding hydrogens is 292 g/mol. The second-order valence-electron chi connectivity index (χ2n) is 7.00. The SMILES string of the molecule is CC(Cc1ccsc1)NC(=O)C1(N2CCCC2)CCCCC1. The van der Waals surface area contributed by atoms with Crippen LogP contribution < -0.4 is 5.32 Å². The summed E-state index contributed by atoms with van der Waals surface area (Å²) in [6, 6.07) is 2.37. The third-order valence-corrected chi connectivity index (χ3v) is 6.05. The van der Waals surface area contributed by atoms with Gasteiger partial charge in [0.2, 0.25) is 5.91 Å². The molecule has 1 aliphatic heterocycles. The van der Waals surface area contributed by atoms with E-state index in [1.807, 2.05) is 0 Å². The fourth-order valence-electron chi connectivity index (χ4n) is 4.14. The van der Waals surface area contributed by atoms with Crippen molar-refractivity contribution in [3.05, 3.63) is 22.4 Å². The number of nitrogens with one attached hydrogen (secondary N) is 1. The number of hydrogen-bond donors (Lipinski definition) is 1. The van der Waals surface area contributed by atoms with Crippen LogP contribution in [0, 0.1) is 0 Å². The smallest absolute Gasteiger partial charge is 0.240 e. The molecule has 122 valence electrons. The van der Waals surface area contributed by atoms with E-state index in [9.17, 15) is 4.79 Å². The topological polar surface area (TPSA) is 32.3 Å². The van der Waals surface area contributed by atoms with E-state index in [0.29, 0.717) is 0 Å². The van der Waals surface area contributed by atoms with Crippen molar-refractivity contribution in [1.29, 1.82) is 0 Å². The van der Waals surface area contributed by atoms with Gasteiger partial charge in [-0.3, -0.25) is 9.69 Å². The monoisotopic (exact) mass is 320 g/mol. The van der Waals surface area contributed by atoms with Gasteiger partial charge in [-0.25, -0.2) is 0 Å². The summed E-state index contributed by atoms with van der Waals surface area (Å²) >= 11 is 1.73. The average Bonchev–Trinajstić information content (AvgIpc) is 3.21. The van der Waals surface area contributed by atoms with E-state index in [1.54, 1.807) is 11.3 Å². The highest BCUT2D eigenvalue weighted by Gasteiger charge is 2.45. The molecule has 1 saturated carbocycles. The number of thiophene rings is 1. The van der Waals surface area contributed by atoms with E-state index < -0.39 is 0 Å². The van der Waals surface area contributed by atoms with Crippen molar-refractivity contribution >= 4 is 17.2 Å². The van der Waals surface area contributed by atoms with Crippen molar-refractivity contribution < 1.29 is 4.79 Å². The van der Waals surface area contributed by atoms with E-state index in [4.69, 9.17) is 0 Å². The Hall–Kier alpha value is -0.870. The van der Waals surface area contributed by atoms with Gasteiger partial charge in [0.15, 0.2) is 0 Å². The van der Waals surface area contributed by atoms with Gasteiger partial charge in [-0.2, -0.15) is 11.3 Å². The quantitative estimate of drug-likeness (QED) is 0.899. The number of likely N-dealkylation sites (tertiary alicyclic amines) is 1. The van der Waals surface area contributed by atoms with Gasteiger partial charge < -0.3 is 5.32 Å². The molecule has 1 unspecified atom stereocenters. The first kappa shape index (κ1) is 16.0. The minimum absolute atomic E-state index is 0.211. The molecule has 2 fully saturated rings. The zero-order valence-corrected chi connectivity index (χ0v) is 14.5. The van der Waals surface area contributed by atoms with Crippen LogP contribution in [-0.4, -0.2) is 35.5 Å². The second kappa shape index (κ2) is 7.14. The van der Waals surface area contributed by atoms with Crippen molar-refractivity contribution in [2.24, 2.45) is 0 Å². The summed E-state index contributed by atoms with van der Waals surface area (Å²) in [4.78, 5) is 15.6. The normalized spacial score (nSPS) is 23.3. The first-order valence-electron chi connectivity index (χ1n) is 8.78. The molecule has 1 amide bonds. The molecule has 22 heavy (non-hydrogen) atoms. The molecule has 1 aromatic rings. The van der Waals surface area contributed by atoms with Crippen molar-refractivity contribution in [2.75, 3.05) is 13.1 Å². The molecule has 1 aliphatic carbocycles. The zero-order valence-electron chi connectivity index (χ0n) is 13.6. The van der Waals surface area contributed by atoms with Crippen LogP contribution in [0.1, 0.15) is 57.4 Å². The highest BCUT2D eigenvalue weighted by atomic mass is 32.1. The Morgan fingerprint density at radius 2 is 2.00 bits per heavy atom. The summed E-state index contributed by atoms with van der Waals surface area (Å²) in [6.45, 7) is 4.34. The van der Waals surface area contributed by atoms with E-state index in [2.05, 4.69) is 34.0 Å². The van der Waals surface area contributed by atoms with E-state index in [-0.39, 0.29) is 17.5 Å². The Labute approximate surface area is 138 Å². The predicted octanol–water partition coefficient (Wildman–Crippen LogP) is 3.59. The minimum atomic E-state index is -0.211. The Balaban J connectivity index is 1.66. The maximum Gasteiger partial charge on any atom is 0.240 e. The Morgan fingerprint density at radius 3 is 2.64 bits per heavy atom. The van der Waals surface area contributed by atoms with Crippen LogP contribution in [0.5, 0.6) is 0 Å². The lowest BCUT2D eigenvalue weighted by atomic mass is 9.79. The highest BCUT2D eigenvalue weighted by molar-refractivity contribution is 7.07. The van der Waals surface area contributed by atoms with Crippen LogP contribution in [-0.2, 0) is 11.2 Å². The Bertz CT molecular complexity index is 473. The molecule has 2 heterocycles. The second-order valence-corrected chi connectivity index (χ2v) is 7.78. The molecule has 1 N–H and O–H groups in total. The van der Waals surface area contributed by atoms with Gasteiger partial charge in [0, 0.05) is 6.04 Å². The lowest BCUT2D eigenvalue weighted by Crippen LogP contribution is -2.60. The van der Waals surface area contributed by atoms with Crippen LogP contribution in [0.4, 0.5) is 0 Å². The minimum Gasteiger partial charge on any atom is -0.352 e. The van der Waals surface area contributed by atoms with Crippen LogP contribution >= 0.6 is 11.3 Å². The van der Waals surface area contributed by atoms with Gasteiger partial charge in [0.25, 0.3) is 0 Å². The molecule has 4 heteroatoms. The van der Waals surface area contributed by atoms with Crippen molar-refractivity contribution in [3.8, 4) is 0 Å². The van der Waals surface area contributed by atoms with Gasteiger partial charge in [-0.15, -0.1) is 0 Å². The molecule has 0 aromatic carbocycles. The molecule has 1 aromatic heterocycles. The Morgan fingerprint density at radius 1 is 1.27 bits per heavy atom. The Kier molecular flexibility index (Phi) is 5.19. The summed E-state index contributed by atoms with van der Waals surface area (Å²) in [5.41, 5.74) is 1.12. The van der Waals surface area contributed by atoms with Gasteiger partial charge >= 0.3 is 0 Å². The van der Waals surface area contributed by atoms with Gasteiger partial charge in [-0.05, 0) is 74.5 Å². The number of carbonyl (C=O) groups is 1. The van der Waals surface area contributed by atoms with Crippen LogP contribution in [0.15, 0.2) is 16.8 Å². The number of nitrogens with zero attached hydrogens (tertiary/aromatic N) is 1. The number of amides is 1. The first-order chi connectivity index (χ1) is 10.7. The maximum atomic E-state index is 13.1. The van der Waals surface area contributed by atoms with Gasteiger partial charge in [0.05, 0.1) is 0 Å². The summed E-state index contributed by atoms with van der Waals surface area (Å²) in [5, 5.41) is 7.62. The highest BCUT2D eigenvalue weighted by Crippen LogP contribution is 2.36. The fourth-order valence-corrected chi connectivity index (χ4v) is 4.82. The standard InChI is InChI=1S/C18H28N2OS/c1-15(13-16-7-12-22-14-16)19-17(21)18(8-3-2-4-9-18)20-10-5-6-11-20/h7,12,14-15H,2-6,8-11,13H2,1H3,(H,19,21). The van der Waals surface area contributed by atoms with E-state index in [1.165, 1.54) is 37.7 Å². The summed E-state index contributed by atoms with van der Waals surface area (Å²) in [7, 11) is 0. The molecule has 3 rings (SSSR count). The van der Waals surface area contributed by atoms with Crippen molar-refractivity contribution in [1.82, 2.24) is 10.2 Å². The van der Waals surface area contributed by atoms with Crippen LogP contribution in [0.2, 0.25) is 0 Å². The first-order valence-corrected chi connectivity index (χ1v) is 9.72. The lowest BCUT2D eigenvalue weighted by molar-refractivity contribution is -0.136. The lowest BCUT2D eigenvalue weighted by Gasteiger charge is -2.43. The fraction of sp³-hybridized carbons (Fsp3) is 0.722. The molecule has 1 atom stereocenters. The summed E-state index contributed by atoms with van der Waals surface area (Å²) in [5.74, 6) is 0.289. The molecule has 3 nitrogen and oxygen atoms in total. The zero-order chi connectivity index (χ0) is 15.4. The van der Waals surface area contributed by atoms with Gasteiger partial charge in [0.1, 0.15) is 5.54 Å². The predicted molar refractivity (Wildman–Crippen MR) is 92.3 cm³/mol. The van der Waals surface area contributed by atoms with Crippen LogP contribution in [0.3, 0.4) is 0 Å².